The first-order valence-electron chi connectivity index (χ1n) is 6.95. The Labute approximate surface area is 124 Å². The number of alkyl halides is 3. The fourth-order valence-corrected chi connectivity index (χ4v) is 2.79. The van der Waals surface area contributed by atoms with E-state index in [1.807, 2.05) is 6.92 Å². The molecule has 1 aromatic carbocycles. The van der Waals surface area contributed by atoms with Crippen LogP contribution in [-0.4, -0.2) is 16.1 Å². The van der Waals surface area contributed by atoms with Gasteiger partial charge in [0.25, 0.3) is 5.56 Å². The van der Waals surface area contributed by atoms with Gasteiger partial charge in [0.15, 0.2) is 5.82 Å². The largest absolute Gasteiger partial charge is 0.416 e. The van der Waals surface area contributed by atoms with Gasteiger partial charge in [-0.1, -0.05) is 6.07 Å². The molecule has 1 aliphatic heterocycles. The Morgan fingerprint density at radius 1 is 1.32 bits per heavy atom. The second kappa shape index (κ2) is 5.15. The van der Waals surface area contributed by atoms with Gasteiger partial charge in [-0.05, 0) is 31.0 Å². The summed E-state index contributed by atoms with van der Waals surface area (Å²) in [5.41, 5.74) is -0.300. The summed E-state index contributed by atoms with van der Waals surface area (Å²) >= 11 is 0. The highest BCUT2D eigenvalue weighted by Crippen LogP contribution is 2.40. The Kier molecular flexibility index (Phi) is 3.42. The van der Waals surface area contributed by atoms with Crippen LogP contribution >= 0.6 is 0 Å². The van der Waals surface area contributed by atoms with Gasteiger partial charge in [-0.25, -0.2) is 4.98 Å². The van der Waals surface area contributed by atoms with Crippen molar-refractivity contribution in [1.82, 2.24) is 9.55 Å². The molecule has 4 nitrogen and oxygen atoms in total. The number of hydrogen-bond donors (Lipinski definition) is 0. The third-order valence-electron chi connectivity index (χ3n) is 3.82. The molecule has 0 radical (unpaired) electrons. The second-order valence-electron chi connectivity index (χ2n) is 5.04. The van der Waals surface area contributed by atoms with E-state index < -0.39 is 11.7 Å². The highest BCUT2D eigenvalue weighted by molar-refractivity contribution is 5.69. The van der Waals surface area contributed by atoms with Gasteiger partial charge in [0.05, 0.1) is 5.56 Å². The molecule has 1 aromatic heterocycles. The molecular weight excluding hydrogens is 295 g/mol. The van der Waals surface area contributed by atoms with E-state index in [0.29, 0.717) is 18.8 Å². The summed E-state index contributed by atoms with van der Waals surface area (Å²) in [5.74, 6) is 0.169. The van der Waals surface area contributed by atoms with Crippen LogP contribution in [-0.2, 0) is 19.1 Å². The van der Waals surface area contributed by atoms with Crippen molar-refractivity contribution in [1.29, 1.82) is 0 Å². The lowest BCUT2D eigenvalue weighted by molar-refractivity contribution is -0.138. The van der Waals surface area contributed by atoms with Crippen LogP contribution in [0.25, 0.3) is 0 Å². The molecule has 0 saturated carbocycles. The molecule has 0 amide bonds. The van der Waals surface area contributed by atoms with Crippen LogP contribution in [0.4, 0.5) is 24.7 Å². The fourth-order valence-electron chi connectivity index (χ4n) is 2.79. The summed E-state index contributed by atoms with van der Waals surface area (Å²) in [5, 5.41) is 0. The standard InChI is InChI=1S/C15H14F3N3O/c1-2-20-9-7-19-13(14(20)22)21-8-6-10-11(15(16,17)18)4-3-5-12(10)21/h3-5,7,9H,2,6,8H2,1H3. The lowest BCUT2D eigenvalue weighted by Crippen LogP contribution is -2.28. The van der Waals surface area contributed by atoms with Crippen molar-refractivity contribution in [2.75, 3.05) is 11.4 Å². The maximum Gasteiger partial charge on any atom is 0.416 e. The van der Waals surface area contributed by atoms with E-state index >= 15 is 0 Å². The van der Waals surface area contributed by atoms with Crippen molar-refractivity contribution in [3.63, 3.8) is 0 Å². The molecule has 7 heteroatoms. The molecule has 22 heavy (non-hydrogen) atoms. The Hall–Kier alpha value is -2.31. The van der Waals surface area contributed by atoms with Gasteiger partial charge < -0.3 is 9.47 Å². The van der Waals surface area contributed by atoms with Crippen LogP contribution in [0, 0.1) is 0 Å². The molecule has 1 aliphatic rings. The maximum atomic E-state index is 13.1. The Morgan fingerprint density at radius 2 is 2.09 bits per heavy atom. The van der Waals surface area contributed by atoms with Crippen molar-refractivity contribution in [2.24, 2.45) is 0 Å². The van der Waals surface area contributed by atoms with Crippen molar-refractivity contribution in [3.8, 4) is 0 Å². The molecule has 0 spiro atoms. The monoisotopic (exact) mass is 309 g/mol. The van der Waals surface area contributed by atoms with Gasteiger partial charge in [-0.2, -0.15) is 13.2 Å². The van der Waals surface area contributed by atoms with E-state index in [2.05, 4.69) is 4.98 Å². The minimum atomic E-state index is -4.39. The van der Waals surface area contributed by atoms with Crippen LogP contribution < -0.4 is 10.5 Å². The quantitative estimate of drug-likeness (QED) is 0.856. The van der Waals surface area contributed by atoms with Gasteiger partial charge in [-0.3, -0.25) is 4.79 Å². The highest BCUT2D eigenvalue weighted by atomic mass is 19.4. The topological polar surface area (TPSA) is 38.1 Å². The number of benzene rings is 1. The number of hydrogen-bond acceptors (Lipinski definition) is 3. The van der Waals surface area contributed by atoms with Crippen LogP contribution in [0.2, 0.25) is 0 Å². The Balaban J connectivity index is 2.12. The zero-order valence-corrected chi connectivity index (χ0v) is 11.9. The van der Waals surface area contributed by atoms with Gasteiger partial charge in [0.1, 0.15) is 0 Å². The summed E-state index contributed by atoms with van der Waals surface area (Å²) in [6, 6.07) is 4.04. The van der Waals surface area contributed by atoms with E-state index in [4.69, 9.17) is 0 Å². The van der Waals surface area contributed by atoms with E-state index in [-0.39, 0.29) is 23.4 Å². The van der Waals surface area contributed by atoms with Crippen LogP contribution in [0.15, 0.2) is 35.4 Å². The molecule has 0 bridgehead atoms. The average molecular weight is 309 g/mol. The van der Waals surface area contributed by atoms with Crippen LogP contribution in [0.1, 0.15) is 18.1 Å². The van der Waals surface area contributed by atoms with Crippen LogP contribution in [0.3, 0.4) is 0 Å². The van der Waals surface area contributed by atoms with E-state index in [9.17, 15) is 18.0 Å². The van der Waals surface area contributed by atoms with Crippen LogP contribution in [0.5, 0.6) is 0 Å². The molecule has 3 rings (SSSR count). The lowest BCUT2D eigenvalue weighted by atomic mass is 10.0. The first kappa shape index (κ1) is 14.6. The third kappa shape index (κ3) is 2.26. The normalized spacial score (nSPS) is 14.3. The van der Waals surface area contributed by atoms with E-state index in [0.717, 1.165) is 6.07 Å². The zero-order valence-electron chi connectivity index (χ0n) is 11.9. The summed E-state index contributed by atoms with van der Waals surface area (Å²) in [6.07, 6.45) is -1.09. The molecule has 2 heterocycles. The Bertz CT molecular complexity index is 767. The smallest absolute Gasteiger partial charge is 0.321 e. The number of nitrogens with zero attached hydrogens (tertiary/aromatic N) is 3. The molecule has 0 unspecified atom stereocenters. The van der Waals surface area contributed by atoms with Crippen molar-refractivity contribution < 1.29 is 13.2 Å². The Morgan fingerprint density at radius 3 is 2.77 bits per heavy atom. The summed E-state index contributed by atoms with van der Waals surface area (Å²) in [4.78, 5) is 18.0. The van der Waals surface area contributed by atoms with Gasteiger partial charge in [0.2, 0.25) is 0 Å². The minimum Gasteiger partial charge on any atom is -0.321 e. The molecule has 0 N–H and O–H groups in total. The molecular formula is C15H14F3N3O. The predicted molar refractivity (Wildman–Crippen MR) is 76.3 cm³/mol. The van der Waals surface area contributed by atoms with Crippen molar-refractivity contribution >= 4 is 11.5 Å². The fraction of sp³-hybridized carbons (Fsp3) is 0.333. The van der Waals surface area contributed by atoms with E-state index in [1.165, 1.54) is 16.8 Å². The highest BCUT2D eigenvalue weighted by Gasteiger charge is 2.37. The maximum absolute atomic E-state index is 13.1. The predicted octanol–water partition coefficient (Wildman–Crippen LogP) is 2.98. The number of aryl methyl sites for hydroxylation is 1. The molecule has 0 aliphatic carbocycles. The van der Waals surface area contributed by atoms with Crippen molar-refractivity contribution in [2.45, 2.75) is 26.1 Å². The minimum absolute atomic E-state index is 0.169. The van der Waals surface area contributed by atoms with Gasteiger partial charge in [0, 0.05) is 31.2 Å². The average Bonchev–Trinajstić information content (AvgIpc) is 2.90. The number of anilines is 2. The first-order chi connectivity index (χ1) is 10.4. The third-order valence-corrected chi connectivity index (χ3v) is 3.82. The summed E-state index contributed by atoms with van der Waals surface area (Å²) < 4.78 is 40.7. The molecule has 0 saturated heterocycles. The molecule has 0 atom stereocenters. The summed E-state index contributed by atoms with van der Waals surface area (Å²) in [7, 11) is 0. The first-order valence-corrected chi connectivity index (χ1v) is 6.95. The molecule has 2 aromatic rings. The number of fused-ring (bicyclic) bond motifs is 1. The number of aromatic nitrogens is 2. The van der Waals surface area contributed by atoms with E-state index in [1.54, 1.807) is 17.2 Å². The number of rotatable bonds is 2. The second-order valence-corrected chi connectivity index (χ2v) is 5.04. The molecule has 0 fully saturated rings. The van der Waals surface area contributed by atoms with Gasteiger partial charge >= 0.3 is 6.18 Å². The van der Waals surface area contributed by atoms with Gasteiger partial charge in [-0.15, -0.1) is 0 Å². The summed E-state index contributed by atoms with van der Waals surface area (Å²) in [6.45, 7) is 2.63. The zero-order chi connectivity index (χ0) is 15.9. The van der Waals surface area contributed by atoms with Crippen molar-refractivity contribution in [3.05, 3.63) is 52.1 Å². The number of halogens is 3. The lowest BCUT2D eigenvalue weighted by Gasteiger charge is -2.19. The SMILES string of the molecule is CCn1ccnc(N2CCc3c2cccc3C(F)(F)F)c1=O. The molecule has 116 valence electrons.